The van der Waals surface area contributed by atoms with Crippen LogP contribution in [0.4, 0.5) is 0 Å². The lowest BCUT2D eigenvalue weighted by molar-refractivity contribution is 0.0978. The Morgan fingerprint density at radius 2 is 2.24 bits per heavy atom. The van der Waals surface area contributed by atoms with Crippen molar-refractivity contribution in [2.24, 2.45) is 4.99 Å². The van der Waals surface area contributed by atoms with Crippen molar-refractivity contribution in [3.63, 3.8) is 0 Å². The maximum atomic E-state index is 12.1. The molecule has 108 valence electrons. The molecule has 8 heteroatoms. The second kappa shape index (κ2) is 6.09. The molecule has 1 amide bonds. The van der Waals surface area contributed by atoms with E-state index in [1.807, 2.05) is 0 Å². The van der Waals surface area contributed by atoms with Gasteiger partial charge in [-0.05, 0) is 18.2 Å². The van der Waals surface area contributed by atoms with Crippen molar-refractivity contribution in [3.8, 4) is 5.69 Å². The minimum atomic E-state index is -0.237. The van der Waals surface area contributed by atoms with Gasteiger partial charge >= 0.3 is 0 Å². The van der Waals surface area contributed by atoms with Crippen LogP contribution in [0.15, 0.2) is 35.6 Å². The van der Waals surface area contributed by atoms with E-state index in [0.717, 1.165) is 12.3 Å². The number of hydrogen-bond acceptors (Lipinski definition) is 4. The zero-order valence-electron chi connectivity index (χ0n) is 10.7. The van der Waals surface area contributed by atoms with Gasteiger partial charge < -0.3 is 5.32 Å². The number of nitrogens with one attached hydrogen (secondary N) is 1. The first-order chi connectivity index (χ1) is 10.1. The van der Waals surface area contributed by atoms with Crippen LogP contribution in [0.25, 0.3) is 5.69 Å². The Bertz CT molecular complexity index is 729. The van der Waals surface area contributed by atoms with Crippen LogP contribution in [0.1, 0.15) is 10.4 Å². The summed E-state index contributed by atoms with van der Waals surface area (Å²) in [5.41, 5.74) is 1.10. The van der Waals surface area contributed by atoms with Crippen LogP contribution in [0.3, 0.4) is 0 Å². The fourth-order valence-electron chi connectivity index (χ4n) is 1.82. The van der Waals surface area contributed by atoms with Crippen molar-refractivity contribution in [2.45, 2.75) is 0 Å². The molecule has 1 aromatic heterocycles. The Balaban J connectivity index is 1.81. The number of nitrogens with zero attached hydrogens (tertiary/aromatic N) is 3. The van der Waals surface area contributed by atoms with Gasteiger partial charge in [-0.3, -0.25) is 9.79 Å². The van der Waals surface area contributed by atoms with Crippen LogP contribution in [0.5, 0.6) is 0 Å². The number of aliphatic imine (C=N–C) groups is 1. The van der Waals surface area contributed by atoms with E-state index in [0.29, 0.717) is 26.5 Å². The molecular formula is C13H10Cl2N4OS. The lowest BCUT2D eigenvalue weighted by atomic mass is 10.3. The first-order valence-corrected chi connectivity index (χ1v) is 7.86. The van der Waals surface area contributed by atoms with Gasteiger partial charge in [-0.25, -0.2) is 4.68 Å². The number of thioether (sulfide) groups is 1. The third-order valence-corrected chi connectivity index (χ3v) is 4.24. The van der Waals surface area contributed by atoms with E-state index in [9.17, 15) is 4.79 Å². The van der Waals surface area contributed by atoms with Gasteiger partial charge in [0.1, 0.15) is 0 Å². The zero-order chi connectivity index (χ0) is 14.8. The van der Waals surface area contributed by atoms with E-state index in [1.165, 1.54) is 22.6 Å². The van der Waals surface area contributed by atoms with Crippen molar-refractivity contribution in [1.82, 2.24) is 15.1 Å². The zero-order valence-corrected chi connectivity index (χ0v) is 13.0. The minimum Gasteiger partial charge on any atom is -0.301 e. The van der Waals surface area contributed by atoms with E-state index in [-0.39, 0.29) is 5.91 Å². The van der Waals surface area contributed by atoms with Crippen LogP contribution in [0.2, 0.25) is 10.0 Å². The molecule has 1 aliphatic rings. The van der Waals surface area contributed by atoms with Gasteiger partial charge in [-0.15, -0.1) is 0 Å². The summed E-state index contributed by atoms with van der Waals surface area (Å²) in [4.78, 5) is 16.2. The second-order valence-electron chi connectivity index (χ2n) is 4.26. The lowest BCUT2D eigenvalue weighted by Crippen LogP contribution is -2.26. The maximum Gasteiger partial charge on any atom is 0.260 e. The third kappa shape index (κ3) is 3.23. The van der Waals surface area contributed by atoms with Crippen molar-refractivity contribution >= 4 is 46.0 Å². The topological polar surface area (TPSA) is 59.3 Å². The number of benzene rings is 1. The Kier molecular flexibility index (Phi) is 4.19. The second-order valence-corrected chi connectivity index (χ2v) is 6.19. The quantitative estimate of drug-likeness (QED) is 0.914. The van der Waals surface area contributed by atoms with Gasteiger partial charge in [0.25, 0.3) is 5.91 Å². The van der Waals surface area contributed by atoms with Crippen molar-refractivity contribution in [2.75, 3.05) is 12.3 Å². The molecule has 5 nitrogen and oxygen atoms in total. The molecule has 3 rings (SSSR count). The average molecular weight is 341 g/mol. The van der Waals surface area contributed by atoms with Crippen LogP contribution >= 0.6 is 35.0 Å². The average Bonchev–Trinajstić information content (AvgIpc) is 3.09. The Morgan fingerprint density at radius 1 is 1.38 bits per heavy atom. The normalized spacial score (nSPS) is 14.1. The van der Waals surface area contributed by atoms with Gasteiger partial charge in [-0.1, -0.05) is 35.0 Å². The van der Waals surface area contributed by atoms with Crippen molar-refractivity contribution < 1.29 is 4.79 Å². The SMILES string of the molecule is O=C(NC1=NCCS1)c1cnn(-c2ccc(Cl)cc2Cl)c1. The molecule has 1 aliphatic heterocycles. The molecule has 0 bridgehead atoms. The summed E-state index contributed by atoms with van der Waals surface area (Å²) in [6.45, 7) is 0.736. The predicted molar refractivity (Wildman–Crippen MR) is 85.8 cm³/mol. The van der Waals surface area contributed by atoms with E-state index >= 15 is 0 Å². The first kappa shape index (κ1) is 14.4. The number of halogens is 2. The number of aromatic nitrogens is 2. The molecule has 2 heterocycles. The van der Waals surface area contributed by atoms with Gasteiger partial charge in [-0.2, -0.15) is 5.10 Å². The summed E-state index contributed by atoms with van der Waals surface area (Å²) in [5.74, 6) is 0.661. The number of rotatable bonds is 2. The van der Waals surface area contributed by atoms with Gasteiger partial charge in [0.2, 0.25) is 0 Å². The summed E-state index contributed by atoms with van der Waals surface area (Å²) < 4.78 is 1.54. The molecular weight excluding hydrogens is 331 g/mol. The first-order valence-electron chi connectivity index (χ1n) is 6.12. The molecule has 0 saturated heterocycles. The van der Waals surface area contributed by atoms with Crippen molar-refractivity contribution in [3.05, 3.63) is 46.2 Å². The molecule has 0 spiro atoms. The van der Waals surface area contributed by atoms with Crippen LogP contribution in [-0.4, -0.2) is 33.2 Å². The molecule has 1 aromatic carbocycles. The highest BCUT2D eigenvalue weighted by atomic mass is 35.5. The number of amidine groups is 1. The van der Waals surface area contributed by atoms with Crippen LogP contribution in [0, 0.1) is 0 Å². The molecule has 0 aliphatic carbocycles. The fourth-order valence-corrected chi connectivity index (χ4v) is 3.04. The molecule has 0 fully saturated rings. The van der Waals surface area contributed by atoms with Gasteiger partial charge in [0, 0.05) is 17.0 Å². The number of carbonyl (C=O) groups excluding carboxylic acids is 1. The molecule has 0 atom stereocenters. The van der Waals surface area contributed by atoms with Crippen LogP contribution in [-0.2, 0) is 0 Å². The highest BCUT2D eigenvalue weighted by molar-refractivity contribution is 8.14. The van der Waals surface area contributed by atoms with Crippen LogP contribution < -0.4 is 5.32 Å². The molecule has 21 heavy (non-hydrogen) atoms. The molecule has 0 saturated carbocycles. The fraction of sp³-hybridized carbons (Fsp3) is 0.154. The highest BCUT2D eigenvalue weighted by Crippen LogP contribution is 2.24. The summed E-state index contributed by atoms with van der Waals surface area (Å²) in [7, 11) is 0. The van der Waals surface area contributed by atoms with Gasteiger partial charge in [0.15, 0.2) is 5.17 Å². The Labute approximate surface area is 135 Å². The third-order valence-electron chi connectivity index (χ3n) is 2.81. The van der Waals surface area contributed by atoms with E-state index < -0.39 is 0 Å². The van der Waals surface area contributed by atoms with Crippen molar-refractivity contribution in [1.29, 1.82) is 0 Å². The Morgan fingerprint density at radius 3 is 2.95 bits per heavy atom. The monoisotopic (exact) mass is 340 g/mol. The summed E-state index contributed by atoms with van der Waals surface area (Å²) >= 11 is 13.5. The minimum absolute atomic E-state index is 0.237. The van der Waals surface area contributed by atoms with E-state index in [2.05, 4.69) is 15.4 Å². The predicted octanol–water partition coefficient (Wildman–Crippen LogP) is 3.01. The Hall–Kier alpha value is -1.50. The summed E-state index contributed by atoms with van der Waals surface area (Å²) in [6.07, 6.45) is 3.10. The number of hydrogen-bond donors (Lipinski definition) is 1. The van der Waals surface area contributed by atoms with Gasteiger partial charge in [0.05, 0.1) is 29.0 Å². The largest absolute Gasteiger partial charge is 0.301 e. The van der Waals surface area contributed by atoms with E-state index in [4.69, 9.17) is 23.2 Å². The standard InChI is InChI=1S/C13H10Cl2N4OS/c14-9-1-2-11(10(15)5-9)19-7-8(6-17-19)12(20)18-13-16-3-4-21-13/h1-2,5-7H,3-4H2,(H,16,18,20). The number of carbonyl (C=O) groups is 1. The number of amides is 1. The summed E-state index contributed by atoms with van der Waals surface area (Å²) in [6, 6.07) is 5.09. The molecule has 1 N–H and O–H groups in total. The highest BCUT2D eigenvalue weighted by Gasteiger charge is 2.15. The molecule has 0 unspecified atom stereocenters. The maximum absolute atomic E-state index is 12.1. The molecule has 2 aromatic rings. The molecule has 0 radical (unpaired) electrons. The smallest absolute Gasteiger partial charge is 0.260 e. The van der Waals surface area contributed by atoms with E-state index in [1.54, 1.807) is 24.4 Å². The lowest BCUT2D eigenvalue weighted by Gasteiger charge is -2.04. The summed E-state index contributed by atoms with van der Waals surface area (Å²) in [5, 5.41) is 8.57.